The van der Waals surface area contributed by atoms with Crippen molar-refractivity contribution in [1.29, 1.82) is 0 Å². The van der Waals surface area contributed by atoms with Crippen LogP contribution in [0.25, 0.3) is 0 Å². The average molecular weight is 383 g/mol. The molecule has 2 aromatic rings. The number of ether oxygens (including phenoxy) is 3. The van der Waals surface area contributed by atoms with Gasteiger partial charge in [-0.1, -0.05) is 12.1 Å². The predicted molar refractivity (Wildman–Crippen MR) is 95.2 cm³/mol. The molecule has 0 spiro atoms. The third kappa shape index (κ3) is 2.40. The summed E-state index contributed by atoms with van der Waals surface area (Å²) in [6, 6.07) is 7.10. The maximum absolute atomic E-state index is 13.0. The first-order chi connectivity index (χ1) is 13.6. The second-order valence-electron chi connectivity index (χ2n) is 6.74. The number of aromatic nitrogens is 2. The van der Waals surface area contributed by atoms with Crippen molar-refractivity contribution < 1.29 is 28.9 Å². The topological polar surface area (TPSA) is 112 Å². The Morgan fingerprint density at radius 1 is 1.29 bits per heavy atom. The number of rotatable bonds is 3. The van der Waals surface area contributed by atoms with Crippen molar-refractivity contribution in [2.24, 2.45) is 0 Å². The molecule has 3 aliphatic rings. The van der Waals surface area contributed by atoms with Gasteiger partial charge in [-0.25, -0.2) is 4.98 Å². The highest BCUT2D eigenvalue weighted by atomic mass is 16.6. The minimum atomic E-state index is -0.788. The molecule has 1 aliphatic carbocycles. The van der Waals surface area contributed by atoms with Crippen molar-refractivity contribution in [3.63, 3.8) is 0 Å². The molecule has 5 rings (SSSR count). The number of para-hydroxylation sites is 2. The van der Waals surface area contributed by atoms with Gasteiger partial charge in [-0.15, -0.1) is 0 Å². The summed E-state index contributed by atoms with van der Waals surface area (Å²) in [5.41, 5.74) is 0.893. The Hall–Kier alpha value is -3.01. The van der Waals surface area contributed by atoms with Gasteiger partial charge in [0.15, 0.2) is 6.23 Å². The molecule has 3 atom stereocenters. The number of aliphatic hydroxyl groups excluding tert-OH is 1. The molecule has 1 aromatic heterocycles. The summed E-state index contributed by atoms with van der Waals surface area (Å²) >= 11 is 0. The molecule has 0 bridgehead atoms. The normalized spacial score (nSPS) is 25.6. The Balaban J connectivity index is 1.53. The zero-order chi connectivity index (χ0) is 19.4. The van der Waals surface area contributed by atoms with E-state index in [9.17, 15) is 14.7 Å². The van der Waals surface area contributed by atoms with Crippen molar-refractivity contribution in [3.8, 4) is 5.75 Å². The summed E-state index contributed by atoms with van der Waals surface area (Å²) in [5, 5.41) is 13.0. The third-order valence-electron chi connectivity index (χ3n) is 5.09. The van der Waals surface area contributed by atoms with Crippen LogP contribution in [0.3, 0.4) is 0 Å². The van der Waals surface area contributed by atoms with Gasteiger partial charge in [0, 0.05) is 6.08 Å². The number of aliphatic hydroxyl groups is 1. The van der Waals surface area contributed by atoms with Gasteiger partial charge in [0.25, 0.3) is 0 Å². The van der Waals surface area contributed by atoms with Crippen LogP contribution in [0.5, 0.6) is 5.75 Å². The van der Waals surface area contributed by atoms with E-state index in [1.54, 1.807) is 28.8 Å². The van der Waals surface area contributed by atoms with Crippen LogP contribution in [0.2, 0.25) is 0 Å². The first kappa shape index (κ1) is 17.1. The maximum Gasteiger partial charge on any atom is 0.230 e. The standard InChI is InChI=1S/C19H17N3O6/c1-26-13-5-3-2-4-9(13)20-10-6-11(23)16-15(17(10)25)21-14-8-27-18-12(24)7-28-19(18)22(14)16/h2-6,12,18-20,24H,7-8H2,1H3/t12-,18-,19+/m1/s1. The van der Waals surface area contributed by atoms with E-state index in [1.807, 2.05) is 0 Å². The van der Waals surface area contributed by atoms with Crippen LogP contribution in [0, 0.1) is 0 Å². The molecule has 1 aromatic carbocycles. The average Bonchev–Trinajstić information content (AvgIpc) is 3.27. The molecular weight excluding hydrogens is 366 g/mol. The molecule has 2 aliphatic heterocycles. The number of benzene rings is 1. The van der Waals surface area contributed by atoms with Gasteiger partial charge < -0.3 is 24.6 Å². The van der Waals surface area contributed by atoms with Gasteiger partial charge in [0.1, 0.15) is 41.8 Å². The molecule has 0 unspecified atom stereocenters. The fourth-order valence-electron chi connectivity index (χ4n) is 3.79. The monoisotopic (exact) mass is 383 g/mol. The van der Waals surface area contributed by atoms with Gasteiger partial charge in [-0.05, 0) is 12.1 Å². The highest BCUT2D eigenvalue weighted by Crippen LogP contribution is 2.37. The van der Waals surface area contributed by atoms with Crippen LogP contribution in [0.4, 0.5) is 5.69 Å². The molecule has 0 saturated carbocycles. The molecule has 3 heterocycles. The van der Waals surface area contributed by atoms with Crippen LogP contribution in [-0.2, 0) is 16.1 Å². The van der Waals surface area contributed by atoms with Gasteiger partial charge in [0.2, 0.25) is 11.6 Å². The molecule has 9 heteroatoms. The minimum Gasteiger partial charge on any atom is -0.495 e. The Labute approximate surface area is 159 Å². The molecule has 144 valence electrons. The number of carbonyl (C=O) groups is 2. The Morgan fingerprint density at radius 2 is 2.11 bits per heavy atom. The van der Waals surface area contributed by atoms with Gasteiger partial charge in [0.05, 0.1) is 25.1 Å². The van der Waals surface area contributed by atoms with Crippen LogP contribution in [0.15, 0.2) is 36.0 Å². The predicted octanol–water partition coefficient (Wildman–Crippen LogP) is 1.06. The lowest BCUT2D eigenvalue weighted by atomic mass is 10.0. The van der Waals surface area contributed by atoms with E-state index in [0.29, 0.717) is 17.3 Å². The lowest BCUT2D eigenvalue weighted by Gasteiger charge is -2.29. The van der Waals surface area contributed by atoms with Crippen LogP contribution >= 0.6 is 0 Å². The summed E-state index contributed by atoms with van der Waals surface area (Å²) in [7, 11) is 1.52. The van der Waals surface area contributed by atoms with E-state index in [2.05, 4.69) is 10.3 Å². The molecule has 0 amide bonds. The number of ketones is 2. The summed E-state index contributed by atoms with van der Waals surface area (Å²) in [4.78, 5) is 30.2. The van der Waals surface area contributed by atoms with Crippen LogP contribution in [-0.4, -0.2) is 52.1 Å². The number of anilines is 1. The molecule has 1 saturated heterocycles. The smallest absolute Gasteiger partial charge is 0.230 e. The van der Waals surface area contributed by atoms with E-state index in [-0.39, 0.29) is 36.1 Å². The van der Waals surface area contributed by atoms with E-state index in [4.69, 9.17) is 14.2 Å². The van der Waals surface area contributed by atoms with E-state index >= 15 is 0 Å². The second kappa shape index (κ2) is 6.26. The Kier molecular flexibility index (Phi) is 3.83. The summed E-state index contributed by atoms with van der Waals surface area (Å²) in [6.07, 6.45) is -0.805. The number of hydrogen-bond acceptors (Lipinski definition) is 8. The molecule has 1 fully saturated rings. The van der Waals surface area contributed by atoms with Crippen LogP contribution < -0.4 is 10.1 Å². The summed E-state index contributed by atoms with van der Waals surface area (Å²) in [6.45, 7) is 0.185. The first-order valence-electron chi connectivity index (χ1n) is 8.81. The number of methoxy groups -OCH3 is 1. The number of Topliss-reactive ketones (excluding diaryl/α,β-unsaturated/α-hetero) is 1. The Bertz CT molecular complexity index is 1030. The number of imidazole rings is 1. The fraction of sp³-hybridized carbons (Fsp3) is 0.316. The summed E-state index contributed by atoms with van der Waals surface area (Å²) < 4.78 is 18.1. The largest absolute Gasteiger partial charge is 0.495 e. The van der Waals surface area contributed by atoms with Gasteiger partial charge in [-0.2, -0.15) is 0 Å². The van der Waals surface area contributed by atoms with Crippen molar-refractivity contribution in [1.82, 2.24) is 9.55 Å². The van der Waals surface area contributed by atoms with Gasteiger partial charge in [-0.3, -0.25) is 14.2 Å². The van der Waals surface area contributed by atoms with Crippen molar-refractivity contribution in [3.05, 3.63) is 53.3 Å². The molecule has 2 N–H and O–H groups in total. The van der Waals surface area contributed by atoms with Gasteiger partial charge >= 0.3 is 0 Å². The van der Waals surface area contributed by atoms with Crippen molar-refractivity contribution in [2.75, 3.05) is 19.0 Å². The van der Waals surface area contributed by atoms with Crippen molar-refractivity contribution in [2.45, 2.75) is 25.0 Å². The number of nitrogens with zero attached hydrogens (tertiary/aromatic N) is 2. The SMILES string of the molecule is COc1ccccc1NC1=CC(=O)c2c(nc3n2[C@H]2OC[C@@H](O)[C@H]2OC3)C1=O. The molecule has 9 nitrogen and oxygen atoms in total. The first-order valence-corrected chi connectivity index (χ1v) is 8.81. The number of nitrogens with one attached hydrogen (secondary N) is 1. The highest BCUT2D eigenvalue weighted by Gasteiger charge is 2.46. The second-order valence-corrected chi connectivity index (χ2v) is 6.74. The lowest BCUT2D eigenvalue weighted by molar-refractivity contribution is -0.0992. The quantitative estimate of drug-likeness (QED) is 0.809. The van der Waals surface area contributed by atoms with Crippen LogP contribution in [0.1, 0.15) is 33.0 Å². The Morgan fingerprint density at radius 3 is 2.93 bits per heavy atom. The van der Waals surface area contributed by atoms with E-state index < -0.39 is 24.2 Å². The number of hydrogen-bond donors (Lipinski definition) is 2. The summed E-state index contributed by atoms with van der Waals surface area (Å²) in [5.74, 6) is 0.200. The van der Waals surface area contributed by atoms with Crippen molar-refractivity contribution >= 4 is 17.3 Å². The maximum atomic E-state index is 13.0. The zero-order valence-corrected chi connectivity index (χ0v) is 14.9. The molecule has 0 radical (unpaired) electrons. The minimum absolute atomic E-state index is 0.0501. The zero-order valence-electron chi connectivity index (χ0n) is 14.9. The number of allylic oxidation sites excluding steroid dienone is 2. The molecule has 28 heavy (non-hydrogen) atoms. The molecular formula is C19H17N3O6. The lowest BCUT2D eigenvalue weighted by Crippen LogP contribution is -2.37. The third-order valence-corrected chi connectivity index (χ3v) is 5.09. The number of carbonyl (C=O) groups excluding carboxylic acids is 2. The fourth-order valence-corrected chi connectivity index (χ4v) is 3.79. The number of fused-ring (bicyclic) bond motifs is 5. The van der Waals surface area contributed by atoms with E-state index in [1.165, 1.54) is 13.2 Å². The van der Waals surface area contributed by atoms with E-state index in [0.717, 1.165) is 0 Å². The highest BCUT2D eigenvalue weighted by molar-refractivity contribution is 6.24.